The quantitative estimate of drug-likeness (QED) is 0.822. The van der Waals surface area contributed by atoms with Gasteiger partial charge in [-0.05, 0) is 42.3 Å². The summed E-state index contributed by atoms with van der Waals surface area (Å²) >= 11 is 5.88. The molecule has 0 aliphatic heterocycles. The van der Waals surface area contributed by atoms with Gasteiger partial charge in [-0.25, -0.2) is 8.78 Å². The number of carbonyl (C=O) groups excluding carboxylic acids is 1. The van der Waals surface area contributed by atoms with Crippen molar-refractivity contribution in [3.8, 4) is 0 Å². The van der Waals surface area contributed by atoms with E-state index in [1.807, 2.05) is 0 Å². The summed E-state index contributed by atoms with van der Waals surface area (Å²) in [5.74, 6) is -1.09. The summed E-state index contributed by atoms with van der Waals surface area (Å²) in [5, 5.41) is 0.231. The van der Waals surface area contributed by atoms with Gasteiger partial charge in [0.2, 0.25) is 0 Å². The van der Waals surface area contributed by atoms with Crippen molar-refractivity contribution >= 4 is 17.4 Å². The van der Waals surface area contributed by atoms with Gasteiger partial charge in [-0.3, -0.25) is 4.79 Å². The Bertz CT molecular complexity index is 633. The SMILES string of the molecule is Cc1ccc(F)cc1CC(=O)Cc1c(F)cccc1Cl. The fraction of sp³-hybridized carbons (Fsp3) is 0.188. The third kappa shape index (κ3) is 3.42. The lowest BCUT2D eigenvalue weighted by molar-refractivity contribution is -0.117. The smallest absolute Gasteiger partial charge is 0.141 e. The molecule has 0 heterocycles. The normalized spacial score (nSPS) is 10.6. The molecule has 2 rings (SSSR count). The maximum absolute atomic E-state index is 13.6. The maximum atomic E-state index is 13.6. The van der Waals surface area contributed by atoms with Crippen LogP contribution in [0.15, 0.2) is 36.4 Å². The highest BCUT2D eigenvalue weighted by molar-refractivity contribution is 6.31. The van der Waals surface area contributed by atoms with E-state index in [1.165, 1.54) is 24.3 Å². The highest BCUT2D eigenvalue weighted by Gasteiger charge is 2.13. The van der Waals surface area contributed by atoms with Crippen LogP contribution in [-0.2, 0) is 17.6 Å². The molecule has 0 atom stereocenters. The molecular weight excluding hydrogens is 282 g/mol. The number of halogens is 3. The Kier molecular flexibility index (Phi) is 4.50. The van der Waals surface area contributed by atoms with Gasteiger partial charge in [0.1, 0.15) is 17.4 Å². The molecule has 0 saturated carbocycles. The van der Waals surface area contributed by atoms with Crippen molar-refractivity contribution in [1.29, 1.82) is 0 Å². The average molecular weight is 295 g/mol. The zero-order chi connectivity index (χ0) is 14.7. The van der Waals surface area contributed by atoms with Crippen LogP contribution >= 0.6 is 11.6 Å². The topological polar surface area (TPSA) is 17.1 Å². The van der Waals surface area contributed by atoms with Crippen molar-refractivity contribution in [3.63, 3.8) is 0 Å². The van der Waals surface area contributed by atoms with E-state index >= 15 is 0 Å². The molecule has 0 aliphatic rings. The third-order valence-corrected chi connectivity index (χ3v) is 3.49. The molecule has 0 N–H and O–H groups in total. The van der Waals surface area contributed by atoms with Crippen molar-refractivity contribution in [2.45, 2.75) is 19.8 Å². The van der Waals surface area contributed by atoms with Crippen LogP contribution < -0.4 is 0 Å². The van der Waals surface area contributed by atoms with E-state index in [-0.39, 0.29) is 35.0 Å². The fourth-order valence-corrected chi connectivity index (χ4v) is 2.23. The highest BCUT2D eigenvalue weighted by Crippen LogP contribution is 2.20. The first-order valence-corrected chi connectivity index (χ1v) is 6.55. The highest BCUT2D eigenvalue weighted by atomic mass is 35.5. The molecule has 4 heteroatoms. The zero-order valence-corrected chi connectivity index (χ0v) is 11.7. The molecule has 1 nitrogen and oxygen atoms in total. The second-order valence-corrected chi connectivity index (χ2v) is 5.07. The number of ketones is 1. The molecule has 0 fully saturated rings. The number of carbonyl (C=O) groups is 1. The molecule has 0 unspecified atom stereocenters. The summed E-state index contributed by atoms with van der Waals surface area (Å²) in [4.78, 5) is 12.0. The van der Waals surface area contributed by atoms with Gasteiger partial charge >= 0.3 is 0 Å². The first-order chi connectivity index (χ1) is 9.47. The Balaban J connectivity index is 2.15. The van der Waals surface area contributed by atoms with E-state index < -0.39 is 5.82 Å². The summed E-state index contributed by atoms with van der Waals surface area (Å²) in [6.07, 6.45) is -0.0320. The molecule has 0 aliphatic carbocycles. The van der Waals surface area contributed by atoms with Gasteiger partial charge in [0.05, 0.1) is 0 Å². The van der Waals surface area contributed by atoms with Crippen molar-refractivity contribution in [2.75, 3.05) is 0 Å². The van der Waals surface area contributed by atoms with Gasteiger partial charge in [0.25, 0.3) is 0 Å². The Morgan fingerprint density at radius 2 is 1.90 bits per heavy atom. The Morgan fingerprint density at radius 3 is 2.60 bits per heavy atom. The zero-order valence-electron chi connectivity index (χ0n) is 10.9. The lowest BCUT2D eigenvalue weighted by Gasteiger charge is -2.07. The minimum absolute atomic E-state index is 0.0637. The first-order valence-electron chi connectivity index (χ1n) is 6.17. The fourth-order valence-electron chi connectivity index (χ4n) is 2.00. The van der Waals surface area contributed by atoms with Gasteiger partial charge in [-0.15, -0.1) is 0 Å². The van der Waals surface area contributed by atoms with Crippen molar-refractivity contribution < 1.29 is 13.6 Å². The Morgan fingerprint density at radius 1 is 1.15 bits per heavy atom. The van der Waals surface area contributed by atoms with Gasteiger partial charge in [-0.2, -0.15) is 0 Å². The number of aryl methyl sites for hydroxylation is 1. The number of Topliss-reactive ketones (excluding diaryl/α,β-unsaturated/α-hetero) is 1. The Labute approximate surface area is 121 Å². The third-order valence-electron chi connectivity index (χ3n) is 3.13. The standard InChI is InChI=1S/C16H13ClF2O/c1-10-5-6-12(18)7-11(10)8-13(20)9-14-15(17)3-2-4-16(14)19/h2-7H,8-9H2,1H3. The second-order valence-electron chi connectivity index (χ2n) is 4.66. The van der Waals surface area contributed by atoms with E-state index in [0.29, 0.717) is 5.56 Å². The Hall–Kier alpha value is -1.74. The predicted octanol–water partition coefficient (Wildman–Crippen LogP) is 4.28. The average Bonchev–Trinajstić information content (AvgIpc) is 2.38. The minimum atomic E-state index is -0.498. The molecule has 0 radical (unpaired) electrons. The van der Waals surface area contributed by atoms with Crippen LogP contribution in [0.3, 0.4) is 0 Å². The lowest BCUT2D eigenvalue weighted by atomic mass is 9.99. The predicted molar refractivity (Wildman–Crippen MR) is 75.0 cm³/mol. The van der Waals surface area contributed by atoms with Gasteiger partial charge < -0.3 is 0 Å². The van der Waals surface area contributed by atoms with Crippen LogP contribution in [0.5, 0.6) is 0 Å². The van der Waals surface area contributed by atoms with Crippen molar-refractivity contribution in [2.24, 2.45) is 0 Å². The molecule has 0 bridgehead atoms. The monoisotopic (exact) mass is 294 g/mol. The van der Waals surface area contributed by atoms with Crippen LogP contribution in [0.4, 0.5) is 8.78 Å². The number of hydrogen-bond acceptors (Lipinski definition) is 1. The van der Waals surface area contributed by atoms with Crippen LogP contribution in [0.25, 0.3) is 0 Å². The molecule has 0 saturated heterocycles. The van der Waals surface area contributed by atoms with Crippen LogP contribution in [-0.4, -0.2) is 5.78 Å². The summed E-state index contributed by atoms with van der Waals surface area (Å²) in [6.45, 7) is 1.80. The second kappa shape index (κ2) is 6.14. The van der Waals surface area contributed by atoms with Crippen LogP contribution in [0.1, 0.15) is 16.7 Å². The largest absolute Gasteiger partial charge is 0.299 e. The maximum Gasteiger partial charge on any atom is 0.141 e. The summed E-state index contributed by atoms with van der Waals surface area (Å²) in [6, 6.07) is 8.59. The molecule has 104 valence electrons. The summed E-state index contributed by atoms with van der Waals surface area (Å²) < 4.78 is 26.8. The van der Waals surface area contributed by atoms with Gasteiger partial charge in [-0.1, -0.05) is 23.7 Å². The van der Waals surface area contributed by atoms with E-state index in [9.17, 15) is 13.6 Å². The van der Waals surface area contributed by atoms with E-state index in [0.717, 1.165) is 5.56 Å². The van der Waals surface area contributed by atoms with Crippen LogP contribution in [0, 0.1) is 18.6 Å². The van der Waals surface area contributed by atoms with E-state index in [1.54, 1.807) is 19.1 Å². The molecule has 2 aromatic carbocycles. The number of hydrogen-bond donors (Lipinski definition) is 0. The summed E-state index contributed by atoms with van der Waals surface area (Å²) in [5.41, 5.74) is 1.63. The van der Waals surface area contributed by atoms with Gasteiger partial charge in [0, 0.05) is 23.4 Å². The van der Waals surface area contributed by atoms with Crippen molar-refractivity contribution in [1.82, 2.24) is 0 Å². The molecular formula is C16H13ClF2O. The first kappa shape index (κ1) is 14.7. The summed E-state index contributed by atoms with van der Waals surface area (Å²) in [7, 11) is 0. The van der Waals surface area contributed by atoms with Crippen molar-refractivity contribution in [3.05, 3.63) is 69.7 Å². The molecule has 20 heavy (non-hydrogen) atoms. The molecule has 0 amide bonds. The lowest BCUT2D eigenvalue weighted by Crippen LogP contribution is -2.09. The molecule has 2 aromatic rings. The molecule has 0 spiro atoms. The van der Waals surface area contributed by atoms with E-state index in [4.69, 9.17) is 11.6 Å². The number of rotatable bonds is 4. The number of benzene rings is 2. The molecule has 0 aromatic heterocycles. The minimum Gasteiger partial charge on any atom is -0.299 e. The van der Waals surface area contributed by atoms with E-state index in [2.05, 4.69) is 0 Å². The van der Waals surface area contributed by atoms with Crippen LogP contribution in [0.2, 0.25) is 5.02 Å². The van der Waals surface area contributed by atoms with Gasteiger partial charge in [0.15, 0.2) is 0 Å².